The second-order valence-corrected chi connectivity index (χ2v) is 6.79. The lowest BCUT2D eigenvalue weighted by molar-refractivity contribution is 0.247. The number of hydrogen-bond donors (Lipinski definition) is 2. The monoisotopic (exact) mass is 375 g/mol. The molecule has 8 heteroatoms. The Morgan fingerprint density at radius 3 is 2.84 bits per heavy atom. The van der Waals surface area contributed by atoms with Crippen molar-refractivity contribution < 1.29 is 4.79 Å². The Kier molecular flexibility index (Phi) is 5.78. The molecule has 1 unspecified atom stereocenters. The van der Waals surface area contributed by atoms with Crippen molar-refractivity contribution in [3.8, 4) is 0 Å². The Balaban J connectivity index is 1.79. The van der Waals surface area contributed by atoms with E-state index in [1.165, 1.54) is 0 Å². The van der Waals surface area contributed by atoms with Crippen LogP contribution in [0, 0.1) is 0 Å². The van der Waals surface area contributed by atoms with Crippen molar-refractivity contribution in [2.45, 2.75) is 12.5 Å². The molecule has 2 N–H and O–H groups in total. The number of amides is 2. The predicted octanol–water partition coefficient (Wildman–Crippen LogP) is 4.00. The molecule has 0 spiro atoms. The summed E-state index contributed by atoms with van der Waals surface area (Å²) in [4.78, 5) is 12.4. The van der Waals surface area contributed by atoms with Crippen LogP contribution in [-0.4, -0.2) is 32.6 Å². The van der Waals surface area contributed by atoms with Gasteiger partial charge in [0.25, 0.3) is 0 Å². The predicted molar refractivity (Wildman–Crippen MR) is 102 cm³/mol. The SMILES string of the molecule is CSCCC(NC(=O)Nc1ccccc1Cl)c1nnc2ccccn12. The molecule has 2 aromatic heterocycles. The van der Waals surface area contributed by atoms with Crippen molar-refractivity contribution in [3.63, 3.8) is 0 Å². The number of anilines is 1. The minimum Gasteiger partial charge on any atom is -0.328 e. The molecule has 0 fully saturated rings. The van der Waals surface area contributed by atoms with Gasteiger partial charge in [-0.25, -0.2) is 4.79 Å². The molecule has 0 radical (unpaired) electrons. The normalized spacial score (nSPS) is 12.1. The summed E-state index contributed by atoms with van der Waals surface area (Å²) in [6.07, 6.45) is 4.67. The molecule has 3 aromatic rings. The smallest absolute Gasteiger partial charge is 0.319 e. The lowest BCUT2D eigenvalue weighted by Crippen LogP contribution is -2.34. The summed E-state index contributed by atoms with van der Waals surface area (Å²) >= 11 is 7.81. The number of pyridine rings is 1. The molecule has 0 aliphatic heterocycles. The maximum absolute atomic E-state index is 12.4. The third kappa shape index (κ3) is 4.24. The number of carbonyl (C=O) groups excluding carboxylic acids is 1. The Morgan fingerprint density at radius 2 is 2.04 bits per heavy atom. The number of carbonyl (C=O) groups is 1. The highest BCUT2D eigenvalue weighted by molar-refractivity contribution is 7.98. The van der Waals surface area contributed by atoms with E-state index in [4.69, 9.17) is 11.6 Å². The molecule has 2 heterocycles. The highest BCUT2D eigenvalue weighted by Gasteiger charge is 2.20. The van der Waals surface area contributed by atoms with Crippen LogP contribution in [-0.2, 0) is 0 Å². The number of aromatic nitrogens is 3. The number of rotatable bonds is 6. The second-order valence-electron chi connectivity index (χ2n) is 5.40. The molecule has 25 heavy (non-hydrogen) atoms. The highest BCUT2D eigenvalue weighted by Crippen LogP contribution is 2.22. The van der Waals surface area contributed by atoms with Crippen LogP contribution in [0.5, 0.6) is 0 Å². The van der Waals surface area contributed by atoms with Gasteiger partial charge in [0.1, 0.15) is 0 Å². The zero-order chi connectivity index (χ0) is 17.6. The zero-order valence-electron chi connectivity index (χ0n) is 13.6. The fourth-order valence-corrected chi connectivity index (χ4v) is 3.13. The lowest BCUT2D eigenvalue weighted by atomic mass is 10.2. The summed E-state index contributed by atoms with van der Waals surface area (Å²) in [6.45, 7) is 0. The number of halogens is 1. The van der Waals surface area contributed by atoms with Gasteiger partial charge in [-0.3, -0.25) is 4.40 Å². The number of benzene rings is 1. The minimum atomic E-state index is -0.327. The van der Waals surface area contributed by atoms with Crippen LogP contribution in [0.15, 0.2) is 48.7 Å². The number of nitrogens with one attached hydrogen (secondary N) is 2. The van der Waals surface area contributed by atoms with E-state index in [0.717, 1.165) is 17.8 Å². The van der Waals surface area contributed by atoms with Gasteiger partial charge in [0.2, 0.25) is 0 Å². The maximum atomic E-state index is 12.4. The summed E-state index contributed by atoms with van der Waals surface area (Å²) in [5.74, 6) is 1.60. The van der Waals surface area contributed by atoms with Crippen LogP contribution in [0.3, 0.4) is 0 Å². The van der Waals surface area contributed by atoms with Gasteiger partial charge in [-0.2, -0.15) is 11.8 Å². The van der Waals surface area contributed by atoms with E-state index in [2.05, 4.69) is 20.8 Å². The standard InChI is InChI=1S/C17H18ClN5OS/c1-25-11-9-14(16-22-21-15-8-4-5-10-23(15)16)20-17(24)19-13-7-3-2-6-12(13)18/h2-8,10,14H,9,11H2,1H3,(H2,19,20,24). The van der Waals surface area contributed by atoms with E-state index in [-0.39, 0.29) is 12.1 Å². The Labute approximate surface area is 155 Å². The number of hydrogen-bond acceptors (Lipinski definition) is 4. The Bertz CT molecular complexity index is 869. The molecule has 1 atom stereocenters. The van der Waals surface area contributed by atoms with E-state index in [1.54, 1.807) is 23.9 Å². The van der Waals surface area contributed by atoms with Crippen LogP contribution >= 0.6 is 23.4 Å². The van der Waals surface area contributed by atoms with Crippen molar-refractivity contribution >= 4 is 40.7 Å². The summed E-state index contributed by atoms with van der Waals surface area (Å²) in [6, 6.07) is 12.2. The minimum absolute atomic E-state index is 0.257. The first-order valence-electron chi connectivity index (χ1n) is 7.79. The van der Waals surface area contributed by atoms with Gasteiger partial charge in [0.05, 0.1) is 16.8 Å². The molecule has 0 saturated carbocycles. The van der Waals surface area contributed by atoms with Gasteiger partial charge < -0.3 is 10.6 Å². The number of thioether (sulfide) groups is 1. The Morgan fingerprint density at radius 1 is 1.24 bits per heavy atom. The first-order chi connectivity index (χ1) is 12.2. The fourth-order valence-electron chi connectivity index (χ4n) is 2.48. The van der Waals surface area contributed by atoms with Crippen molar-refractivity contribution in [1.82, 2.24) is 19.9 Å². The van der Waals surface area contributed by atoms with E-state index in [1.807, 2.05) is 47.2 Å². The van der Waals surface area contributed by atoms with Crippen LogP contribution in [0.4, 0.5) is 10.5 Å². The van der Waals surface area contributed by atoms with Gasteiger partial charge in [0, 0.05) is 6.20 Å². The summed E-state index contributed by atoms with van der Waals surface area (Å²) in [5, 5.41) is 14.7. The van der Waals surface area contributed by atoms with Gasteiger partial charge in [-0.05, 0) is 42.7 Å². The molecule has 1 aromatic carbocycles. The van der Waals surface area contributed by atoms with E-state index in [0.29, 0.717) is 16.5 Å². The van der Waals surface area contributed by atoms with Crippen molar-refractivity contribution in [3.05, 3.63) is 59.5 Å². The first kappa shape index (κ1) is 17.6. The number of urea groups is 1. The summed E-state index contributed by atoms with van der Waals surface area (Å²) < 4.78 is 1.89. The van der Waals surface area contributed by atoms with Crippen molar-refractivity contribution in [2.24, 2.45) is 0 Å². The van der Waals surface area contributed by atoms with Crippen molar-refractivity contribution in [1.29, 1.82) is 0 Å². The first-order valence-corrected chi connectivity index (χ1v) is 9.57. The van der Waals surface area contributed by atoms with Crippen LogP contribution in [0.25, 0.3) is 5.65 Å². The number of nitrogens with zero attached hydrogens (tertiary/aromatic N) is 3. The highest BCUT2D eigenvalue weighted by atomic mass is 35.5. The molecule has 0 aliphatic carbocycles. The van der Waals surface area contributed by atoms with Gasteiger partial charge in [-0.1, -0.05) is 29.8 Å². The van der Waals surface area contributed by atoms with Gasteiger partial charge in [-0.15, -0.1) is 10.2 Å². The molecular weight excluding hydrogens is 358 g/mol. The number of fused-ring (bicyclic) bond motifs is 1. The third-order valence-electron chi connectivity index (χ3n) is 3.69. The summed E-state index contributed by atoms with van der Waals surface area (Å²) in [5.41, 5.74) is 1.32. The fraction of sp³-hybridized carbons (Fsp3) is 0.235. The zero-order valence-corrected chi connectivity index (χ0v) is 15.2. The average Bonchev–Trinajstić information content (AvgIpc) is 3.04. The molecule has 0 bridgehead atoms. The molecule has 130 valence electrons. The molecule has 2 amide bonds. The van der Waals surface area contributed by atoms with Crippen molar-refractivity contribution in [2.75, 3.05) is 17.3 Å². The summed E-state index contributed by atoms with van der Waals surface area (Å²) in [7, 11) is 0. The topological polar surface area (TPSA) is 71.3 Å². The molecular formula is C17H18ClN5OS. The van der Waals surface area contributed by atoms with E-state index in [9.17, 15) is 4.79 Å². The average molecular weight is 376 g/mol. The molecule has 0 aliphatic rings. The van der Waals surface area contributed by atoms with E-state index < -0.39 is 0 Å². The molecule has 0 saturated heterocycles. The quantitative estimate of drug-likeness (QED) is 0.683. The largest absolute Gasteiger partial charge is 0.328 e. The number of para-hydroxylation sites is 1. The third-order valence-corrected chi connectivity index (χ3v) is 4.66. The second kappa shape index (κ2) is 8.22. The van der Waals surface area contributed by atoms with Gasteiger partial charge >= 0.3 is 6.03 Å². The van der Waals surface area contributed by atoms with Crippen LogP contribution in [0.1, 0.15) is 18.3 Å². The molecule has 3 rings (SSSR count). The van der Waals surface area contributed by atoms with E-state index >= 15 is 0 Å². The van der Waals surface area contributed by atoms with Crippen LogP contribution < -0.4 is 10.6 Å². The van der Waals surface area contributed by atoms with Crippen LogP contribution in [0.2, 0.25) is 5.02 Å². The van der Waals surface area contributed by atoms with Gasteiger partial charge in [0.15, 0.2) is 11.5 Å². The Hall–Kier alpha value is -2.25. The lowest BCUT2D eigenvalue weighted by Gasteiger charge is -2.18. The maximum Gasteiger partial charge on any atom is 0.319 e. The molecule has 6 nitrogen and oxygen atoms in total.